The molecule has 9 nitrogen and oxygen atoms in total. The molecule has 6 N–H and O–H groups in total. The zero-order valence-corrected chi connectivity index (χ0v) is 24.2. The van der Waals surface area contributed by atoms with Crippen LogP contribution in [0.2, 0.25) is 0 Å². The SMILES string of the molecule is CC[C@@](C)(N)n1cc(C)c2c(C(=O)NCc3c(C)cc(C)[nH]c3=O)cc(C3=CC=C(N4CCNCC4)NC3)cc21. The quantitative estimate of drug-likeness (QED) is 0.313. The molecular weight excluding hydrogens is 502 g/mol. The Labute approximate surface area is 235 Å². The number of aromatic amines is 1. The van der Waals surface area contributed by atoms with Crippen LogP contribution in [-0.2, 0) is 12.2 Å². The summed E-state index contributed by atoms with van der Waals surface area (Å²) in [6.45, 7) is 14.5. The second-order valence-corrected chi connectivity index (χ2v) is 11.3. The summed E-state index contributed by atoms with van der Waals surface area (Å²) in [5, 5.41) is 10.9. The maximum absolute atomic E-state index is 13.8. The zero-order chi connectivity index (χ0) is 28.6. The van der Waals surface area contributed by atoms with E-state index < -0.39 is 5.66 Å². The van der Waals surface area contributed by atoms with Gasteiger partial charge in [0.25, 0.3) is 11.5 Å². The number of aromatic nitrogens is 2. The Bertz CT molecular complexity index is 1570. The van der Waals surface area contributed by atoms with Crippen LogP contribution in [0.1, 0.15) is 58.6 Å². The number of allylic oxidation sites excluding steroid dienone is 2. The molecule has 1 atom stereocenters. The van der Waals surface area contributed by atoms with Crippen LogP contribution in [0.25, 0.3) is 16.5 Å². The molecule has 2 aliphatic heterocycles. The average Bonchev–Trinajstić information content (AvgIpc) is 3.29. The molecule has 1 aromatic carbocycles. The summed E-state index contributed by atoms with van der Waals surface area (Å²) in [5.74, 6) is 0.909. The number of amides is 1. The summed E-state index contributed by atoms with van der Waals surface area (Å²) in [4.78, 5) is 31.5. The molecule has 2 aromatic heterocycles. The van der Waals surface area contributed by atoms with Gasteiger partial charge in [0.2, 0.25) is 0 Å². The summed E-state index contributed by atoms with van der Waals surface area (Å²) < 4.78 is 2.09. The third-order valence-corrected chi connectivity index (χ3v) is 8.26. The Kier molecular flexibility index (Phi) is 7.61. The van der Waals surface area contributed by atoms with Gasteiger partial charge in [0.15, 0.2) is 0 Å². The number of aryl methyl sites for hydroxylation is 3. The zero-order valence-electron chi connectivity index (χ0n) is 24.2. The van der Waals surface area contributed by atoms with Crippen molar-refractivity contribution in [1.29, 1.82) is 0 Å². The molecule has 0 saturated carbocycles. The Morgan fingerprint density at radius 2 is 1.85 bits per heavy atom. The van der Waals surface area contributed by atoms with Crippen LogP contribution in [0.4, 0.5) is 0 Å². The molecule has 0 bridgehead atoms. The van der Waals surface area contributed by atoms with Gasteiger partial charge in [-0.3, -0.25) is 9.59 Å². The first-order chi connectivity index (χ1) is 19.1. The van der Waals surface area contributed by atoms with Crippen molar-refractivity contribution < 1.29 is 4.79 Å². The molecule has 1 amide bonds. The van der Waals surface area contributed by atoms with E-state index in [-0.39, 0.29) is 18.0 Å². The van der Waals surface area contributed by atoms with E-state index in [4.69, 9.17) is 5.73 Å². The number of fused-ring (bicyclic) bond motifs is 1. The Morgan fingerprint density at radius 1 is 1.10 bits per heavy atom. The summed E-state index contributed by atoms with van der Waals surface area (Å²) in [7, 11) is 0. The molecule has 212 valence electrons. The van der Waals surface area contributed by atoms with E-state index in [0.717, 1.165) is 77.3 Å². The third-order valence-electron chi connectivity index (χ3n) is 8.26. The van der Waals surface area contributed by atoms with Gasteiger partial charge in [0.1, 0.15) is 5.82 Å². The number of piperazine rings is 1. The van der Waals surface area contributed by atoms with Crippen LogP contribution in [0.15, 0.2) is 47.2 Å². The monoisotopic (exact) mass is 543 g/mol. The van der Waals surface area contributed by atoms with E-state index in [1.165, 1.54) is 0 Å². The van der Waals surface area contributed by atoms with Crippen molar-refractivity contribution in [3.63, 3.8) is 0 Å². The van der Waals surface area contributed by atoms with Crippen molar-refractivity contribution in [1.82, 2.24) is 30.4 Å². The molecule has 2 aliphatic rings. The molecule has 1 fully saturated rings. The van der Waals surface area contributed by atoms with Gasteiger partial charge in [-0.1, -0.05) is 13.0 Å². The highest BCUT2D eigenvalue weighted by Gasteiger charge is 2.26. The van der Waals surface area contributed by atoms with Crippen LogP contribution in [0, 0.1) is 20.8 Å². The molecule has 4 heterocycles. The highest BCUT2D eigenvalue weighted by Crippen LogP contribution is 2.33. The molecule has 0 aliphatic carbocycles. The molecular formula is C31H41N7O2. The fourth-order valence-electron chi connectivity index (χ4n) is 5.69. The lowest BCUT2D eigenvalue weighted by Gasteiger charge is -2.33. The second-order valence-electron chi connectivity index (χ2n) is 11.3. The predicted molar refractivity (Wildman–Crippen MR) is 161 cm³/mol. The first-order valence-electron chi connectivity index (χ1n) is 14.1. The summed E-state index contributed by atoms with van der Waals surface area (Å²) in [6, 6.07) is 6.04. The van der Waals surface area contributed by atoms with Gasteiger partial charge in [-0.2, -0.15) is 0 Å². The minimum atomic E-state index is -0.611. The van der Waals surface area contributed by atoms with E-state index in [2.05, 4.69) is 55.5 Å². The van der Waals surface area contributed by atoms with Crippen molar-refractivity contribution in [3.8, 4) is 0 Å². The Hall–Kier alpha value is -3.82. The van der Waals surface area contributed by atoms with Crippen molar-refractivity contribution in [3.05, 3.63) is 86.2 Å². The number of carbonyl (C=O) groups is 1. The lowest BCUT2D eigenvalue weighted by molar-refractivity contribution is 0.0952. The standard InChI is InChI=1S/C31H41N7O2/c1-6-31(5,32)38-18-20(3)28-24(29(39)35-17-25-19(2)13-21(4)36-30(25)40)14-23(15-26(28)38)22-7-8-27(34-16-22)37-11-9-33-10-12-37/h7-8,13-15,18,33-34H,6,9-12,16-17,32H2,1-5H3,(H,35,39)(H,36,40)/t31-/m0/s1. The number of rotatable bonds is 7. The molecule has 1 saturated heterocycles. The Morgan fingerprint density at radius 3 is 2.50 bits per heavy atom. The van der Waals surface area contributed by atoms with Crippen LogP contribution >= 0.6 is 0 Å². The fraction of sp³-hybridized carbons (Fsp3) is 0.419. The molecule has 0 spiro atoms. The van der Waals surface area contributed by atoms with Gasteiger partial charge in [0.05, 0.1) is 11.2 Å². The molecule has 9 heteroatoms. The number of nitrogens with one attached hydrogen (secondary N) is 4. The number of hydrogen-bond donors (Lipinski definition) is 5. The first-order valence-corrected chi connectivity index (χ1v) is 14.1. The number of nitrogens with two attached hydrogens (primary N) is 1. The van der Waals surface area contributed by atoms with Crippen molar-refractivity contribution in [2.24, 2.45) is 5.73 Å². The van der Waals surface area contributed by atoms with Gasteiger partial charge in [-0.05, 0) is 80.7 Å². The van der Waals surface area contributed by atoms with Crippen molar-refractivity contribution in [2.45, 2.75) is 53.2 Å². The molecule has 0 unspecified atom stereocenters. The van der Waals surface area contributed by atoms with Crippen LogP contribution in [0.3, 0.4) is 0 Å². The van der Waals surface area contributed by atoms with Crippen LogP contribution in [0.5, 0.6) is 0 Å². The topological polar surface area (TPSA) is 120 Å². The van der Waals surface area contributed by atoms with Gasteiger partial charge in [-0.25, -0.2) is 0 Å². The first kappa shape index (κ1) is 27.7. The maximum Gasteiger partial charge on any atom is 0.253 e. The summed E-state index contributed by atoms with van der Waals surface area (Å²) in [6.07, 6.45) is 7.05. The minimum absolute atomic E-state index is 0.149. The Balaban J connectivity index is 1.55. The van der Waals surface area contributed by atoms with E-state index in [0.29, 0.717) is 17.7 Å². The number of hydrogen-bond acceptors (Lipinski definition) is 6. The van der Waals surface area contributed by atoms with E-state index in [1.54, 1.807) is 0 Å². The smallest absolute Gasteiger partial charge is 0.253 e. The lowest BCUT2D eigenvalue weighted by atomic mass is 9.96. The average molecular weight is 544 g/mol. The largest absolute Gasteiger partial charge is 0.368 e. The molecule has 0 radical (unpaired) electrons. The summed E-state index contributed by atoms with van der Waals surface area (Å²) >= 11 is 0. The minimum Gasteiger partial charge on any atom is -0.368 e. The van der Waals surface area contributed by atoms with E-state index in [9.17, 15) is 9.59 Å². The summed E-state index contributed by atoms with van der Waals surface area (Å²) in [5.41, 5.74) is 12.7. The number of nitrogens with zero attached hydrogens (tertiary/aromatic N) is 2. The number of benzene rings is 1. The van der Waals surface area contributed by atoms with Crippen molar-refractivity contribution in [2.75, 3.05) is 32.7 Å². The fourth-order valence-corrected chi connectivity index (χ4v) is 5.69. The number of carbonyl (C=O) groups excluding carboxylic acids is 1. The predicted octanol–water partition coefficient (Wildman–Crippen LogP) is 2.96. The van der Waals surface area contributed by atoms with Gasteiger partial charge in [-0.15, -0.1) is 0 Å². The maximum atomic E-state index is 13.8. The highest BCUT2D eigenvalue weighted by atomic mass is 16.1. The van der Waals surface area contributed by atoms with E-state index in [1.807, 2.05) is 46.0 Å². The lowest BCUT2D eigenvalue weighted by Crippen LogP contribution is -2.46. The van der Waals surface area contributed by atoms with Gasteiger partial charge >= 0.3 is 0 Å². The van der Waals surface area contributed by atoms with Crippen molar-refractivity contribution >= 4 is 22.4 Å². The third kappa shape index (κ3) is 5.31. The number of pyridine rings is 1. The normalized spacial score (nSPS) is 17.2. The van der Waals surface area contributed by atoms with E-state index >= 15 is 0 Å². The molecule has 40 heavy (non-hydrogen) atoms. The molecule has 5 rings (SSSR count). The molecule has 3 aromatic rings. The van der Waals surface area contributed by atoms with Gasteiger partial charge < -0.3 is 36.1 Å². The number of dihydropyridines is 1. The highest BCUT2D eigenvalue weighted by molar-refractivity contribution is 6.09. The number of H-pyrrole nitrogens is 1. The second kappa shape index (κ2) is 11.0. The van der Waals surface area contributed by atoms with Gasteiger partial charge in [0, 0.05) is 67.7 Å². The van der Waals surface area contributed by atoms with Crippen LogP contribution < -0.4 is 27.2 Å². The van der Waals surface area contributed by atoms with Crippen LogP contribution in [-0.4, -0.2) is 53.1 Å².